The van der Waals surface area contributed by atoms with Crippen LogP contribution in [0.1, 0.15) is 6.92 Å². The van der Waals surface area contributed by atoms with Gasteiger partial charge in [0.2, 0.25) is 0 Å². The molecule has 0 radical (unpaired) electrons. The van der Waals surface area contributed by atoms with Gasteiger partial charge in [-0.15, -0.1) is 11.6 Å². The van der Waals surface area contributed by atoms with Gasteiger partial charge in [0.15, 0.2) is 0 Å². The summed E-state index contributed by atoms with van der Waals surface area (Å²) in [5.74, 6) is 1.48. The highest BCUT2D eigenvalue weighted by Gasteiger charge is 2.24. The van der Waals surface area contributed by atoms with E-state index in [1.807, 2.05) is 30.3 Å². The third kappa shape index (κ3) is 4.16. The lowest BCUT2D eigenvalue weighted by Crippen LogP contribution is -2.48. The molecule has 100 valence electrons. The predicted octanol–water partition coefficient (Wildman–Crippen LogP) is 2.39. The second-order valence-electron chi connectivity index (χ2n) is 4.64. The molecule has 3 nitrogen and oxygen atoms in total. The Balaban J connectivity index is 1.73. The lowest BCUT2D eigenvalue weighted by atomic mass is 10.2. The first-order valence-electron chi connectivity index (χ1n) is 6.39. The fourth-order valence-corrected chi connectivity index (χ4v) is 2.39. The topological polar surface area (TPSA) is 21.7 Å². The lowest BCUT2D eigenvalue weighted by molar-refractivity contribution is -0.0683. The van der Waals surface area contributed by atoms with E-state index in [0.717, 1.165) is 25.4 Å². The molecule has 0 aromatic heterocycles. The van der Waals surface area contributed by atoms with Gasteiger partial charge >= 0.3 is 0 Å². The van der Waals surface area contributed by atoms with Crippen LogP contribution >= 0.6 is 11.6 Å². The van der Waals surface area contributed by atoms with Crippen molar-refractivity contribution < 1.29 is 9.47 Å². The fraction of sp³-hybridized carbons (Fsp3) is 0.571. The minimum atomic E-state index is 0.146. The van der Waals surface area contributed by atoms with Crippen molar-refractivity contribution in [2.45, 2.75) is 19.1 Å². The number of halogens is 1. The van der Waals surface area contributed by atoms with E-state index in [0.29, 0.717) is 12.5 Å². The van der Waals surface area contributed by atoms with E-state index >= 15 is 0 Å². The number of morpholine rings is 1. The molecular formula is C14H20ClNO2. The fourth-order valence-electron chi connectivity index (χ4n) is 2.22. The van der Waals surface area contributed by atoms with Gasteiger partial charge in [-0.1, -0.05) is 18.2 Å². The second kappa shape index (κ2) is 6.98. The number of alkyl halides is 1. The number of benzene rings is 1. The minimum absolute atomic E-state index is 0.146. The summed E-state index contributed by atoms with van der Waals surface area (Å²) in [7, 11) is 0. The maximum Gasteiger partial charge on any atom is 0.119 e. The van der Waals surface area contributed by atoms with Gasteiger partial charge in [0.1, 0.15) is 12.4 Å². The van der Waals surface area contributed by atoms with Crippen molar-refractivity contribution >= 4 is 11.6 Å². The quantitative estimate of drug-likeness (QED) is 0.766. The van der Waals surface area contributed by atoms with Crippen LogP contribution in [0.5, 0.6) is 5.75 Å². The first-order valence-corrected chi connectivity index (χ1v) is 6.93. The van der Waals surface area contributed by atoms with Crippen LogP contribution < -0.4 is 4.74 Å². The Hall–Kier alpha value is -0.770. The standard InChI is InChI=1S/C14H20ClNO2/c1-12-10-16(11-14(9-15)18-12)7-8-17-13-5-3-2-4-6-13/h2-6,12,14H,7-11H2,1H3. The molecule has 2 unspecified atom stereocenters. The highest BCUT2D eigenvalue weighted by atomic mass is 35.5. The Kier molecular flexibility index (Phi) is 5.29. The van der Waals surface area contributed by atoms with Crippen LogP contribution in [0.2, 0.25) is 0 Å². The molecule has 1 aromatic carbocycles. The summed E-state index contributed by atoms with van der Waals surface area (Å²) in [5, 5.41) is 0. The molecule has 1 aliphatic heterocycles. The van der Waals surface area contributed by atoms with E-state index in [9.17, 15) is 0 Å². The molecule has 0 amide bonds. The maximum absolute atomic E-state index is 5.86. The van der Waals surface area contributed by atoms with Crippen molar-refractivity contribution in [3.63, 3.8) is 0 Å². The summed E-state index contributed by atoms with van der Waals surface area (Å²) in [6.07, 6.45) is 0.395. The van der Waals surface area contributed by atoms with Gasteiger partial charge in [-0.25, -0.2) is 0 Å². The molecule has 0 saturated carbocycles. The third-order valence-electron chi connectivity index (χ3n) is 2.99. The lowest BCUT2D eigenvalue weighted by Gasteiger charge is -2.35. The summed E-state index contributed by atoms with van der Waals surface area (Å²) in [4.78, 5) is 2.35. The van der Waals surface area contributed by atoms with Gasteiger partial charge in [-0.2, -0.15) is 0 Å². The van der Waals surface area contributed by atoms with Crippen LogP contribution in [-0.4, -0.2) is 49.2 Å². The number of para-hydroxylation sites is 1. The average Bonchev–Trinajstić information content (AvgIpc) is 2.39. The zero-order chi connectivity index (χ0) is 12.8. The highest BCUT2D eigenvalue weighted by Crippen LogP contribution is 2.13. The van der Waals surface area contributed by atoms with E-state index in [1.54, 1.807) is 0 Å². The van der Waals surface area contributed by atoms with Crippen molar-refractivity contribution in [2.24, 2.45) is 0 Å². The van der Waals surface area contributed by atoms with Gasteiger partial charge in [-0.3, -0.25) is 4.90 Å². The third-order valence-corrected chi connectivity index (χ3v) is 3.34. The molecule has 1 heterocycles. The van der Waals surface area contributed by atoms with Crippen LogP contribution in [0.4, 0.5) is 0 Å². The molecule has 1 fully saturated rings. The molecule has 18 heavy (non-hydrogen) atoms. The van der Waals surface area contributed by atoms with E-state index in [2.05, 4.69) is 11.8 Å². The van der Waals surface area contributed by atoms with Crippen LogP contribution in [0, 0.1) is 0 Å². The van der Waals surface area contributed by atoms with Crippen molar-refractivity contribution in [3.8, 4) is 5.75 Å². The first kappa shape index (κ1) is 13.7. The summed E-state index contributed by atoms with van der Waals surface area (Å²) < 4.78 is 11.4. The van der Waals surface area contributed by atoms with Crippen molar-refractivity contribution in [3.05, 3.63) is 30.3 Å². The van der Waals surface area contributed by atoms with Crippen molar-refractivity contribution in [1.82, 2.24) is 4.90 Å². The zero-order valence-corrected chi connectivity index (χ0v) is 11.5. The number of nitrogens with zero attached hydrogens (tertiary/aromatic N) is 1. The molecule has 1 aliphatic rings. The molecule has 0 N–H and O–H groups in total. The molecule has 1 saturated heterocycles. The SMILES string of the molecule is CC1CN(CCOc2ccccc2)CC(CCl)O1. The van der Waals surface area contributed by atoms with Gasteiger partial charge in [0.25, 0.3) is 0 Å². The summed E-state index contributed by atoms with van der Waals surface area (Å²) in [6.45, 7) is 5.54. The number of hydrogen-bond donors (Lipinski definition) is 0. The Morgan fingerprint density at radius 2 is 2.11 bits per heavy atom. The molecule has 1 aromatic rings. The summed E-state index contributed by atoms with van der Waals surface area (Å²) in [5.41, 5.74) is 0. The zero-order valence-electron chi connectivity index (χ0n) is 10.7. The molecule has 0 aliphatic carbocycles. The molecular weight excluding hydrogens is 250 g/mol. The Morgan fingerprint density at radius 1 is 1.33 bits per heavy atom. The van der Waals surface area contributed by atoms with Gasteiger partial charge < -0.3 is 9.47 Å². The summed E-state index contributed by atoms with van der Waals surface area (Å²) in [6, 6.07) is 9.90. The molecule has 2 rings (SSSR count). The smallest absolute Gasteiger partial charge is 0.119 e. The number of hydrogen-bond acceptors (Lipinski definition) is 3. The summed E-state index contributed by atoms with van der Waals surface area (Å²) >= 11 is 5.86. The normalized spacial score (nSPS) is 25.0. The van der Waals surface area contributed by atoms with E-state index in [-0.39, 0.29) is 12.2 Å². The number of ether oxygens (including phenoxy) is 2. The second-order valence-corrected chi connectivity index (χ2v) is 4.95. The van der Waals surface area contributed by atoms with Crippen LogP contribution in [-0.2, 0) is 4.74 Å². The number of rotatable bonds is 5. The van der Waals surface area contributed by atoms with Crippen LogP contribution in [0.15, 0.2) is 30.3 Å². The molecule has 0 spiro atoms. The van der Waals surface area contributed by atoms with Crippen molar-refractivity contribution in [2.75, 3.05) is 32.1 Å². The van der Waals surface area contributed by atoms with Crippen LogP contribution in [0.3, 0.4) is 0 Å². The van der Waals surface area contributed by atoms with Gasteiger partial charge in [-0.05, 0) is 19.1 Å². The van der Waals surface area contributed by atoms with E-state index < -0.39 is 0 Å². The van der Waals surface area contributed by atoms with E-state index in [4.69, 9.17) is 21.1 Å². The Labute approximate surface area is 114 Å². The molecule has 4 heteroatoms. The molecule has 2 atom stereocenters. The largest absolute Gasteiger partial charge is 0.492 e. The highest BCUT2D eigenvalue weighted by molar-refractivity contribution is 6.18. The van der Waals surface area contributed by atoms with E-state index in [1.165, 1.54) is 0 Å². The van der Waals surface area contributed by atoms with Crippen molar-refractivity contribution in [1.29, 1.82) is 0 Å². The first-order chi connectivity index (χ1) is 8.78. The monoisotopic (exact) mass is 269 g/mol. The Morgan fingerprint density at radius 3 is 2.83 bits per heavy atom. The van der Waals surface area contributed by atoms with Crippen LogP contribution in [0.25, 0.3) is 0 Å². The molecule has 0 bridgehead atoms. The van der Waals surface area contributed by atoms with Gasteiger partial charge in [0, 0.05) is 25.5 Å². The van der Waals surface area contributed by atoms with Gasteiger partial charge in [0.05, 0.1) is 12.2 Å². The predicted molar refractivity (Wildman–Crippen MR) is 73.4 cm³/mol. The maximum atomic E-state index is 5.86. The average molecular weight is 270 g/mol. The Bertz CT molecular complexity index is 347. The minimum Gasteiger partial charge on any atom is -0.492 e.